The van der Waals surface area contributed by atoms with Crippen LogP contribution in [0.2, 0.25) is 5.02 Å². The molecule has 0 bridgehead atoms. The molecule has 2 aromatic rings. The number of aliphatic carboxylic acids is 1. The largest absolute Gasteiger partial charge is 0.481 e. The Kier molecular flexibility index (Phi) is 4.68. The number of tetrazole rings is 1. The Hall–Kier alpha value is -1.95. The molecule has 1 unspecified atom stereocenters. The average molecular weight is 295 g/mol. The number of carboxylic acids is 1. The molecule has 0 aliphatic rings. The first-order chi connectivity index (χ1) is 9.54. The molecule has 0 radical (unpaired) electrons. The summed E-state index contributed by atoms with van der Waals surface area (Å²) in [6.45, 7) is 2.35. The molecule has 7 heteroatoms. The smallest absolute Gasteiger partial charge is 0.303 e. The molecule has 0 saturated carbocycles. The molecule has 0 aliphatic heterocycles. The molecular formula is C13H15ClN4O2. The third-order valence-electron chi connectivity index (χ3n) is 2.89. The number of rotatable bonds is 6. The van der Waals surface area contributed by atoms with E-state index in [1.807, 2.05) is 31.2 Å². The van der Waals surface area contributed by atoms with Gasteiger partial charge in [0, 0.05) is 24.4 Å². The lowest BCUT2D eigenvalue weighted by Gasteiger charge is -2.10. The van der Waals surface area contributed by atoms with Crippen molar-refractivity contribution in [3.63, 3.8) is 0 Å². The maximum atomic E-state index is 10.7. The summed E-state index contributed by atoms with van der Waals surface area (Å²) in [7, 11) is 0. The third-order valence-corrected chi connectivity index (χ3v) is 3.14. The Labute approximate surface area is 121 Å². The number of hydrogen-bond donors (Lipinski definition) is 1. The van der Waals surface area contributed by atoms with Crippen LogP contribution in [0.5, 0.6) is 0 Å². The van der Waals surface area contributed by atoms with Crippen LogP contribution >= 0.6 is 11.6 Å². The van der Waals surface area contributed by atoms with Gasteiger partial charge in [-0.15, -0.1) is 5.10 Å². The highest BCUT2D eigenvalue weighted by molar-refractivity contribution is 6.30. The van der Waals surface area contributed by atoms with Crippen molar-refractivity contribution in [2.45, 2.75) is 26.3 Å². The first-order valence-electron chi connectivity index (χ1n) is 6.26. The Bertz CT molecular complexity index is 582. The fraction of sp³-hybridized carbons (Fsp3) is 0.385. The van der Waals surface area contributed by atoms with Gasteiger partial charge in [-0.05, 0) is 34.0 Å². The molecule has 2 rings (SSSR count). The fourth-order valence-corrected chi connectivity index (χ4v) is 2.06. The number of carbonyl (C=O) groups is 1. The van der Waals surface area contributed by atoms with E-state index in [2.05, 4.69) is 15.5 Å². The van der Waals surface area contributed by atoms with Crippen LogP contribution in [0.15, 0.2) is 24.3 Å². The van der Waals surface area contributed by atoms with Crippen molar-refractivity contribution in [2.75, 3.05) is 0 Å². The van der Waals surface area contributed by atoms with Crippen molar-refractivity contribution >= 4 is 17.6 Å². The van der Waals surface area contributed by atoms with Crippen LogP contribution in [0.4, 0.5) is 0 Å². The van der Waals surface area contributed by atoms with Crippen LogP contribution in [0.1, 0.15) is 24.7 Å². The minimum Gasteiger partial charge on any atom is -0.481 e. The highest BCUT2D eigenvalue weighted by Gasteiger charge is 2.13. The standard InChI is InChI=1S/C13H15ClN4O2/c1-9(6-13(19)20)8-18-12(15-16-17-18)7-10-2-4-11(14)5-3-10/h2-5,9H,6-8H2,1H3,(H,19,20). The number of nitrogens with zero attached hydrogens (tertiary/aromatic N) is 4. The summed E-state index contributed by atoms with van der Waals surface area (Å²) in [4.78, 5) is 10.7. The second kappa shape index (κ2) is 6.47. The van der Waals surface area contributed by atoms with Crippen molar-refractivity contribution < 1.29 is 9.90 Å². The van der Waals surface area contributed by atoms with Crippen molar-refractivity contribution in [1.82, 2.24) is 20.2 Å². The zero-order chi connectivity index (χ0) is 14.5. The zero-order valence-electron chi connectivity index (χ0n) is 11.0. The van der Waals surface area contributed by atoms with E-state index in [1.165, 1.54) is 0 Å². The monoisotopic (exact) mass is 294 g/mol. The van der Waals surface area contributed by atoms with E-state index in [-0.39, 0.29) is 12.3 Å². The second-order valence-electron chi connectivity index (χ2n) is 4.78. The van der Waals surface area contributed by atoms with Crippen LogP contribution in [-0.2, 0) is 17.8 Å². The summed E-state index contributed by atoms with van der Waals surface area (Å²) in [5.41, 5.74) is 1.05. The van der Waals surface area contributed by atoms with Gasteiger partial charge in [0.2, 0.25) is 0 Å². The van der Waals surface area contributed by atoms with E-state index < -0.39 is 5.97 Å². The number of hydrogen-bond acceptors (Lipinski definition) is 4. The van der Waals surface area contributed by atoms with Crippen molar-refractivity contribution in [1.29, 1.82) is 0 Å². The molecule has 0 fully saturated rings. The lowest BCUT2D eigenvalue weighted by Crippen LogP contribution is -2.15. The summed E-state index contributed by atoms with van der Waals surface area (Å²) in [5, 5.41) is 21.0. The number of aromatic nitrogens is 4. The van der Waals surface area contributed by atoms with E-state index in [1.54, 1.807) is 4.68 Å². The van der Waals surface area contributed by atoms with Gasteiger partial charge in [-0.3, -0.25) is 4.79 Å². The predicted molar refractivity (Wildman–Crippen MR) is 73.5 cm³/mol. The Morgan fingerprint density at radius 3 is 2.75 bits per heavy atom. The molecule has 6 nitrogen and oxygen atoms in total. The molecule has 0 saturated heterocycles. The summed E-state index contributed by atoms with van der Waals surface area (Å²) in [5.74, 6) is -0.130. The van der Waals surface area contributed by atoms with E-state index in [0.717, 1.165) is 5.56 Å². The van der Waals surface area contributed by atoms with E-state index in [9.17, 15) is 4.79 Å². The van der Waals surface area contributed by atoms with Crippen molar-refractivity contribution in [3.8, 4) is 0 Å². The molecule has 106 valence electrons. The van der Waals surface area contributed by atoms with Crippen LogP contribution in [0.25, 0.3) is 0 Å². The maximum Gasteiger partial charge on any atom is 0.303 e. The topological polar surface area (TPSA) is 80.9 Å². The molecule has 0 spiro atoms. The molecular weight excluding hydrogens is 280 g/mol. The number of halogens is 1. The van der Waals surface area contributed by atoms with Gasteiger partial charge in [0.05, 0.1) is 0 Å². The normalized spacial score (nSPS) is 12.3. The van der Waals surface area contributed by atoms with E-state index >= 15 is 0 Å². The number of carboxylic acid groups (broad SMARTS) is 1. The molecule has 0 amide bonds. The van der Waals surface area contributed by atoms with Crippen molar-refractivity contribution in [3.05, 3.63) is 40.7 Å². The number of benzene rings is 1. The SMILES string of the molecule is CC(CC(=O)O)Cn1nnnc1Cc1ccc(Cl)cc1. The van der Waals surface area contributed by atoms with Gasteiger partial charge in [0.15, 0.2) is 5.82 Å². The highest BCUT2D eigenvalue weighted by atomic mass is 35.5. The van der Waals surface area contributed by atoms with Crippen LogP contribution in [-0.4, -0.2) is 31.3 Å². The van der Waals surface area contributed by atoms with Gasteiger partial charge < -0.3 is 5.11 Å². The summed E-state index contributed by atoms with van der Waals surface area (Å²) >= 11 is 5.84. The minimum absolute atomic E-state index is 0.0278. The maximum absolute atomic E-state index is 10.7. The second-order valence-corrected chi connectivity index (χ2v) is 5.22. The predicted octanol–water partition coefficient (Wildman–Crippen LogP) is 2.03. The van der Waals surface area contributed by atoms with Gasteiger partial charge in [0.25, 0.3) is 0 Å². The van der Waals surface area contributed by atoms with Gasteiger partial charge in [0.1, 0.15) is 0 Å². The van der Waals surface area contributed by atoms with Gasteiger partial charge in [-0.25, -0.2) is 4.68 Å². The third kappa shape index (κ3) is 4.03. The van der Waals surface area contributed by atoms with Gasteiger partial charge in [-0.2, -0.15) is 0 Å². The van der Waals surface area contributed by atoms with Crippen LogP contribution in [0.3, 0.4) is 0 Å². The Morgan fingerprint density at radius 1 is 1.40 bits per heavy atom. The van der Waals surface area contributed by atoms with Crippen molar-refractivity contribution in [2.24, 2.45) is 5.92 Å². The molecule has 0 aliphatic carbocycles. The Balaban J connectivity index is 2.04. The molecule has 1 atom stereocenters. The Morgan fingerprint density at radius 2 is 2.10 bits per heavy atom. The summed E-state index contributed by atoms with van der Waals surface area (Å²) in [6.07, 6.45) is 0.685. The lowest BCUT2D eigenvalue weighted by atomic mass is 10.1. The molecule has 1 heterocycles. The minimum atomic E-state index is -0.815. The first-order valence-corrected chi connectivity index (χ1v) is 6.63. The molecule has 1 aromatic heterocycles. The van der Waals surface area contributed by atoms with Gasteiger partial charge >= 0.3 is 5.97 Å². The summed E-state index contributed by atoms with van der Waals surface area (Å²) in [6, 6.07) is 7.47. The average Bonchev–Trinajstić information content (AvgIpc) is 2.78. The fourth-order valence-electron chi connectivity index (χ4n) is 1.93. The van der Waals surface area contributed by atoms with Crippen LogP contribution < -0.4 is 0 Å². The molecule has 1 aromatic carbocycles. The van der Waals surface area contributed by atoms with Crippen LogP contribution in [0, 0.1) is 5.92 Å². The highest BCUT2D eigenvalue weighted by Crippen LogP contribution is 2.13. The summed E-state index contributed by atoms with van der Waals surface area (Å²) < 4.78 is 1.65. The lowest BCUT2D eigenvalue weighted by molar-refractivity contribution is -0.138. The van der Waals surface area contributed by atoms with Gasteiger partial charge in [-0.1, -0.05) is 30.7 Å². The molecule has 20 heavy (non-hydrogen) atoms. The zero-order valence-corrected chi connectivity index (χ0v) is 11.8. The molecule has 1 N–H and O–H groups in total. The van der Waals surface area contributed by atoms with E-state index in [0.29, 0.717) is 23.8 Å². The first kappa shape index (κ1) is 14.5. The van der Waals surface area contributed by atoms with E-state index in [4.69, 9.17) is 16.7 Å². The quantitative estimate of drug-likeness (QED) is 0.881.